The molecule has 1 aromatic carbocycles. The highest BCUT2D eigenvalue weighted by Crippen LogP contribution is 2.15. The maximum atomic E-state index is 11.6. The molecule has 1 aromatic rings. The number of rotatable bonds is 4. The van der Waals surface area contributed by atoms with Gasteiger partial charge in [0.15, 0.2) is 0 Å². The van der Waals surface area contributed by atoms with Gasteiger partial charge in [-0.1, -0.05) is 19.1 Å². The molecule has 100 valence electrons. The molecular formula is C12H18ClN3O2. The van der Waals surface area contributed by atoms with E-state index in [4.69, 9.17) is 5.73 Å². The molecule has 18 heavy (non-hydrogen) atoms. The minimum Gasteiger partial charge on any atom is -0.355 e. The number of hydrogen-bond donors (Lipinski definition) is 3. The molecule has 2 amide bonds. The van der Waals surface area contributed by atoms with E-state index in [0.29, 0.717) is 17.7 Å². The summed E-state index contributed by atoms with van der Waals surface area (Å²) in [4.78, 5) is 23.2. The molecule has 0 saturated carbocycles. The molecule has 1 rings (SSSR count). The van der Waals surface area contributed by atoms with Crippen molar-refractivity contribution in [1.82, 2.24) is 5.32 Å². The topological polar surface area (TPSA) is 84.2 Å². The quantitative estimate of drug-likeness (QED) is 0.768. The van der Waals surface area contributed by atoms with Gasteiger partial charge in [-0.15, -0.1) is 12.4 Å². The molecule has 1 atom stereocenters. The van der Waals surface area contributed by atoms with Gasteiger partial charge in [0.1, 0.15) is 0 Å². The number of nitrogens with two attached hydrogens (primary N) is 1. The number of nitrogens with one attached hydrogen (secondary N) is 2. The Morgan fingerprint density at radius 1 is 1.33 bits per heavy atom. The lowest BCUT2D eigenvalue weighted by molar-refractivity contribution is -0.117. The molecule has 6 heteroatoms. The van der Waals surface area contributed by atoms with E-state index in [-0.39, 0.29) is 24.2 Å². The van der Waals surface area contributed by atoms with E-state index in [0.717, 1.165) is 0 Å². The third-order valence-electron chi connectivity index (χ3n) is 2.43. The fraction of sp³-hybridized carbons (Fsp3) is 0.333. The highest BCUT2D eigenvalue weighted by atomic mass is 35.5. The summed E-state index contributed by atoms with van der Waals surface area (Å²) < 4.78 is 0. The zero-order valence-corrected chi connectivity index (χ0v) is 11.2. The molecule has 5 nitrogen and oxygen atoms in total. The summed E-state index contributed by atoms with van der Waals surface area (Å²) in [7, 11) is 1.54. The van der Waals surface area contributed by atoms with E-state index in [9.17, 15) is 9.59 Å². The van der Waals surface area contributed by atoms with Gasteiger partial charge < -0.3 is 16.4 Å². The predicted octanol–water partition coefficient (Wildman–Crippen LogP) is 1.14. The van der Waals surface area contributed by atoms with Crippen LogP contribution < -0.4 is 16.4 Å². The smallest absolute Gasteiger partial charge is 0.253 e. The van der Waals surface area contributed by atoms with Crippen LogP contribution in [-0.2, 0) is 4.79 Å². The van der Waals surface area contributed by atoms with Gasteiger partial charge in [-0.05, 0) is 18.6 Å². The molecule has 4 N–H and O–H groups in total. The summed E-state index contributed by atoms with van der Waals surface area (Å²) in [6.45, 7) is 1.83. The first-order valence-electron chi connectivity index (χ1n) is 5.47. The average Bonchev–Trinajstić information content (AvgIpc) is 2.37. The number of para-hydroxylation sites is 1. The van der Waals surface area contributed by atoms with Crippen LogP contribution in [0.5, 0.6) is 0 Å². The van der Waals surface area contributed by atoms with Gasteiger partial charge in [-0.2, -0.15) is 0 Å². The molecule has 0 aliphatic rings. The SMILES string of the molecule is CC[C@H](N)C(=O)Nc1ccccc1C(=O)NC.Cl. The highest BCUT2D eigenvalue weighted by Gasteiger charge is 2.15. The van der Waals surface area contributed by atoms with Crippen LogP contribution in [0.2, 0.25) is 0 Å². The van der Waals surface area contributed by atoms with Crippen LogP contribution in [0.3, 0.4) is 0 Å². The van der Waals surface area contributed by atoms with Gasteiger partial charge in [-0.25, -0.2) is 0 Å². The maximum absolute atomic E-state index is 11.6. The number of carbonyl (C=O) groups excluding carboxylic acids is 2. The monoisotopic (exact) mass is 271 g/mol. The molecular weight excluding hydrogens is 254 g/mol. The zero-order chi connectivity index (χ0) is 12.8. The summed E-state index contributed by atoms with van der Waals surface area (Å²) in [6, 6.07) is 6.24. The minimum atomic E-state index is -0.562. The van der Waals surface area contributed by atoms with Crippen LogP contribution in [0.25, 0.3) is 0 Å². The third-order valence-corrected chi connectivity index (χ3v) is 2.43. The predicted molar refractivity (Wildman–Crippen MR) is 74.0 cm³/mol. The van der Waals surface area contributed by atoms with Crippen LogP contribution >= 0.6 is 12.4 Å². The molecule has 0 aromatic heterocycles. The van der Waals surface area contributed by atoms with E-state index in [2.05, 4.69) is 10.6 Å². The lowest BCUT2D eigenvalue weighted by Crippen LogP contribution is -2.35. The van der Waals surface area contributed by atoms with Crippen molar-refractivity contribution in [3.8, 4) is 0 Å². The largest absolute Gasteiger partial charge is 0.355 e. The number of anilines is 1. The molecule has 0 fully saturated rings. The van der Waals surface area contributed by atoms with Crippen molar-refractivity contribution >= 4 is 29.9 Å². The van der Waals surface area contributed by atoms with Crippen molar-refractivity contribution in [2.75, 3.05) is 12.4 Å². The van der Waals surface area contributed by atoms with Gasteiger partial charge in [0.05, 0.1) is 17.3 Å². The Balaban J connectivity index is 0.00000289. The van der Waals surface area contributed by atoms with Gasteiger partial charge >= 0.3 is 0 Å². The molecule has 0 aliphatic heterocycles. The fourth-order valence-corrected chi connectivity index (χ4v) is 1.34. The normalized spacial score (nSPS) is 11.1. The van der Waals surface area contributed by atoms with Crippen LogP contribution in [0, 0.1) is 0 Å². The van der Waals surface area contributed by atoms with E-state index in [1.54, 1.807) is 31.3 Å². The Hall–Kier alpha value is -1.59. The number of benzene rings is 1. The number of hydrogen-bond acceptors (Lipinski definition) is 3. The molecule has 0 aliphatic carbocycles. The average molecular weight is 272 g/mol. The Kier molecular flexibility index (Phi) is 7.00. The van der Waals surface area contributed by atoms with E-state index >= 15 is 0 Å². The number of amides is 2. The van der Waals surface area contributed by atoms with Crippen molar-refractivity contribution in [2.24, 2.45) is 5.73 Å². The number of carbonyl (C=O) groups is 2. The molecule has 0 saturated heterocycles. The highest BCUT2D eigenvalue weighted by molar-refractivity contribution is 6.04. The lowest BCUT2D eigenvalue weighted by atomic mass is 10.1. The van der Waals surface area contributed by atoms with Crippen molar-refractivity contribution < 1.29 is 9.59 Å². The van der Waals surface area contributed by atoms with E-state index in [1.807, 2.05) is 6.92 Å². The fourth-order valence-electron chi connectivity index (χ4n) is 1.34. The molecule has 0 spiro atoms. The summed E-state index contributed by atoms with van der Waals surface area (Å²) in [5.41, 5.74) is 6.51. The Bertz CT molecular complexity index is 424. The first-order valence-corrected chi connectivity index (χ1v) is 5.47. The molecule has 0 radical (unpaired) electrons. The van der Waals surface area contributed by atoms with Crippen molar-refractivity contribution in [3.05, 3.63) is 29.8 Å². The van der Waals surface area contributed by atoms with Crippen LogP contribution in [0.1, 0.15) is 23.7 Å². The van der Waals surface area contributed by atoms with Crippen molar-refractivity contribution in [1.29, 1.82) is 0 Å². The number of halogens is 1. The minimum absolute atomic E-state index is 0. The van der Waals surface area contributed by atoms with Gasteiger partial charge in [0.25, 0.3) is 5.91 Å². The summed E-state index contributed by atoms with van der Waals surface area (Å²) in [6.07, 6.45) is 0.550. The summed E-state index contributed by atoms with van der Waals surface area (Å²) in [5, 5.41) is 5.17. The Morgan fingerprint density at radius 3 is 2.50 bits per heavy atom. The second-order valence-corrected chi connectivity index (χ2v) is 3.63. The molecule has 0 unspecified atom stereocenters. The van der Waals surface area contributed by atoms with Crippen molar-refractivity contribution in [3.63, 3.8) is 0 Å². The first-order chi connectivity index (χ1) is 8.10. The zero-order valence-electron chi connectivity index (χ0n) is 10.4. The lowest BCUT2D eigenvalue weighted by Gasteiger charge is -2.12. The molecule has 0 heterocycles. The van der Waals surface area contributed by atoms with E-state index in [1.165, 1.54) is 0 Å². The second-order valence-electron chi connectivity index (χ2n) is 3.63. The van der Waals surface area contributed by atoms with Gasteiger partial charge in [0.2, 0.25) is 5.91 Å². The van der Waals surface area contributed by atoms with Crippen LogP contribution in [0.15, 0.2) is 24.3 Å². The maximum Gasteiger partial charge on any atom is 0.253 e. The van der Waals surface area contributed by atoms with Crippen molar-refractivity contribution in [2.45, 2.75) is 19.4 Å². The first kappa shape index (κ1) is 16.4. The molecule has 0 bridgehead atoms. The Labute approximate surface area is 113 Å². The van der Waals surface area contributed by atoms with Gasteiger partial charge in [-0.3, -0.25) is 9.59 Å². The van der Waals surface area contributed by atoms with Gasteiger partial charge in [0, 0.05) is 7.05 Å². The second kappa shape index (κ2) is 7.68. The summed E-state index contributed by atoms with van der Waals surface area (Å²) in [5.74, 6) is -0.533. The van der Waals surface area contributed by atoms with E-state index < -0.39 is 6.04 Å². The Morgan fingerprint density at radius 2 is 1.94 bits per heavy atom. The standard InChI is InChI=1S/C12H17N3O2.ClH/c1-3-9(13)12(17)15-10-7-5-4-6-8(10)11(16)14-2;/h4-7,9H,3,13H2,1-2H3,(H,14,16)(H,15,17);1H/t9-;/m0./s1. The third kappa shape index (κ3) is 4.01. The van der Waals surface area contributed by atoms with Crippen LogP contribution in [-0.4, -0.2) is 24.9 Å². The summed E-state index contributed by atoms with van der Waals surface area (Å²) >= 11 is 0. The van der Waals surface area contributed by atoms with Crippen LogP contribution in [0.4, 0.5) is 5.69 Å².